The van der Waals surface area contributed by atoms with Gasteiger partial charge in [0, 0.05) is 0 Å². The number of benzene rings is 8. The molecule has 0 saturated heterocycles. The van der Waals surface area contributed by atoms with Crippen LogP contribution in [-0.4, -0.2) is 17.2 Å². The van der Waals surface area contributed by atoms with E-state index in [9.17, 15) is 0 Å². The molecule has 2 nitrogen and oxygen atoms in total. The van der Waals surface area contributed by atoms with E-state index in [1.54, 1.807) is 0 Å². The summed E-state index contributed by atoms with van der Waals surface area (Å²) in [5.41, 5.74) is 7.25. The van der Waals surface area contributed by atoms with Gasteiger partial charge in [-0.3, -0.25) is 0 Å². The van der Waals surface area contributed by atoms with E-state index in [-0.39, 0.29) is 0 Å². The van der Waals surface area contributed by atoms with Gasteiger partial charge in [-0.15, -0.1) is 0 Å². The fraction of sp³-hybridized carbons (Fsp3) is 0. The molecule has 0 aliphatic heterocycles. The van der Waals surface area contributed by atoms with Crippen LogP contribution < -0.4 is 20.7 Å². The van der Waals surface area contributed by atoms with E-state index in [2.05, 4.69) is 215 Å². The van der Waals surface area contributed by atoms with Gasteiger partial charge >= 0.3 is 299 Å². The van der Waals surface area contributed by atoms with E-state index in [1.165, 1.54) is 75.7 Å². The predicted octanol–water partition coefficient (Wildman–Crippen LogP) is 8.99. The van der Waals surface area contributed by atoms with E-state index in [0.717, 1.165) is 0 Å². The molecule has 2 heterocycles. The van der Waals surface area contributed by atoms with E-state index in [1.807, 2.05) is 0 Å². The van der Waals surface area contributed by atoms with Crippen LogP contribution in [0.25, 0.3) is 55.0 Å². The number of aromatic nitrogens is 2. The maximum atomic E-state index is 2.41. The van der Waals surface area contributed by atoms with Crippen molar-refractivity contribution in [2.24, 2.45) is 0 Å². The first-order valence-corrected chi connectivity index (χ1v) is 20.1. The normalized spacial score (nSPS) is 12.2. The van der Waals surface area contributed by atoms with Gasteiger partial charge in [0.15, 0.2) is 0 Å². The second-order valence-corrected chi connectivity index (χ2v) is 18.0. The maximum absolute atomic E-state index is 3.19. The molecule has 10 rings (SSSR count). The Morgan fingerprint density at radius 3 is 0.804 bits per heavy atom. The molecule has 0 radical (unpaired) electrons. The zero-order chi connectivity index (χ0) is 33.8. The summed E-state index contributed by atoms with van der Waals surface area (Å²) in [5.74, 6) is 0. The second kappa shape index (κ2) is 11.9. The Labute approximate surface area is 298 Å². The summed E-state index contributed by atoms with van der Waals surface area (Å²) in [5, 5.41) is 10.7. The van der Waals surface area contributed by atoms with Crippen molar-refractivity contribution in [1.82, 2.24) is 9.13 Å². The van der Waals surface area contributed by atoms with Crippen LogP contribution in [0.4, 0.5) is 0 Å². The molecular formula is C48H35N2Si-. The molecule has 0 amide bonds. The number of hydrogen-bond acceptors (Lipinski definition) is 0. The molecule has 3 heteroatoms. The van der Waals surface area contributed by atoms with E-state index < -0.39 is 8.07 Å². The summed E-state index contributed by atoms with van der Waals surface area (Å²) in [6.07, 6.45) is 0. The summed E-state index contributed by atoms with van der Waals surface area (Å²) in [6, 6.07) is 76.4. The number of fused-ring (bicyclic) bond motifs is 6. The van der Waals surface area contributed by atoms with Crippen molar-refractivity contribution in [1.29, 1.82) is 0 Å². The van der Waals surface area contributed by atoms with Crippen molar-refractivity contribution in [3.05, 3.63) is 206 Å². The third-order valence-electron chi connectivity index (χ3n) is 11.1. The van der Waals surface area contributed by atoms with Gasteiger partial charge in [-0.05, 0) is 0 Å². The van der Waals surface area contributed by atoms with Gasteiger partial charge in [0.2, 0.25) is 0 Å². The topological polar surface area (TPSA) is 9.86 Å². The Morgan fingerprint density at radius 2 is 0.490 bits per heavy atom. The Hall–Kier alpha value is -6.42. The Bertz CT molecular complexity index is 2520. The molecular weight excluding hydrogens is 633 g/mol. The second-order valence-electron chi connectivity index (χ2n) is 13.6. The van der Waals surface area contributed by atoms with Gasteiger partial charge in [0.1, 0.15) is 0 Å². The van der Waals surface area contributed by atoms with Gasteiger partial charge in [-0.2, -0.15) is 0 Å². The predicted molar refractivity (Wildman–Crippen MR) is 220 cm³/mol. The Kier molecular flexibility index (Phi) is 6.86. The first-order chi connectivity index (χ1) is 25.3. The molecule has 0 aliphatic carbocycles. The molecule has 0 atom stereocenters. The van der Waals surface area contributed by atoms with Crippen molar-refractivity contribution in [3.8, 4) is 11.4 Å². The third-order valence-corrected chi connectivity index (χ3v) is 16.6. The molecule has 0 fully saturated rings. The van der Waals surface area contributed by atoms with Crippen LogP contribution in [0.2, 0.25) is 0 Å². The van der Waals surface area contributed by atoms with Crippen LogP contribution in [-0.2, 0) is 0 Å². The van der Waals surface area contributed by atoms with Crippen molar-refractivity contribution >= 4 is 72.4 Å². The quantitative estimate of drug-likeness (QED) is 0.124. The number of hydrogen-bond donors (Lipinski definition) is 0. The van der Waals surface area contributed by atoms with Crippen molar-refractivity contribution in [2.75, 3.05) is 0 Å². The van der Waals surface area contributed by atoms with Gasteiger partial charge < -0.3 is 0 Å². The molecule has 0 bridgehead atoms. The van der Waals surface area contributed by atoms with Crippen molar-refractivity contribution < 1.29 is 0 Å². The van der Waals surface area contributed by atoms with Gasteiger partial charge in [-0.25, -0.2) is 0 Å². The molecule has 0 unspecified atom stereocenters. The first kappa shape index (κ1) is 29.5. The fourth-order valence-electron chi connectivity index (χ4n) is 8.86. The molecule has 0 saturated carbocycles. The molecule has 242 valence electrons. The summed E-state index contributed by atoms with van der Waals surface area (Å²) in [7, 11) is -3.19. The van der Waals surface area contributed by atoms with Crippen LogP contribution in [0, 0.1) is 0 Å². The Balaban J connectivity index is 1.19. The summed E-state index contributed by atoms with van der Waals surface area (Å²) >= 11 is 0. The molecule has 0 N–H and O–H groups in total. The molecule has 0 aliphatic rings. The zero-order valence-electron chi connectivity index (χ0n) is 28.1. The zero-order valence-corrected chi connectivity index (χ0v) is 29.3. The minimum absolute atomic E-state index is 1.17. The van der Waals surface area contributed by atoms with Crippen LogP contribution in [0.15, 0.2) is 206 Å². The van der Waals surface area contributed by atoms with Crippen LogP contribution in [0.5, 0.6) is 0 Å². The average molecular weight is 668 g/mol. The Morgan fingerprint density at radius 1 is 0.235 bits per heavy atom. The molecule has 8 aromatic carbocycles. The van der Waals surface area contributed by atoms with Gasteiger partial charge in [-0.1, -0.05) is 0 Å². The fourth-order valence-corrected chi connectivity index (χ4v) is 14.3. The molecule has 51 heavy (non-hydrogen) atoms. The van der Waals surface area contributed by atoms with Crippen LogP contribution in [0.1, 0.15) is 0 Å². The third kappa shape index (κ3) is 4.49. The summed E-state index contributed by atoms with van der Waals surface area (Å²) < 4.78 is 4.82. The van der Waals surface area contributed by atoms with Crippen LogP contribution >= 0.6 is 0 Å². The summed E-state index contributed by atoms with van der Waals surface area (Å²) in [6.45, 7) is 0. The molecule has 0 spiro atoms. The number of rotatable bonds is 6. The molecule has 2 aromatic heterocycles. The van der Waals surface area contributed by atoms with E-state index in [4.69, 9.17) is 0 Å². The van der Waals surface area contributed by atoms with Gasteiger partial charge in [0.05, 0.1) is 0 Å². The SMILES string of the molecule is c1ccc([SiH-](c2ccccc2)(c2ccc(-n3c4ccccc4c4ccccc43)cc2)c2ccc(-n3c4ccccc4c4ccccc43)cc2)cc1. The first-order valence-electron chi connectivity index (χ1n) is 17.8. The molecule has 10 aromatic rings. The van der Waals surface area contributed by atoms with Gasteiger partial charge in [0.25, 0.3) is 0 Å². The number of para-hydroxylation sites is 4. The monoisotopic (exact) mass is 667 g/mol. The van der Waals surface area contributed by atoms with E-state index >= 15 is 0 Å². The van der Waals surface area contributed by atoms with Crippen LogP contribution in [0.3, 0.4) is 0 Å². The standard InChI is InChI=1S/C48H35N2Si/c1-3-15-37(16-4-1)51(38-17-5-2-6-18-38,39-31-27-35(28-32-39)49-45-23-11-7-19-41(45)42-20-8-12-24-46(42)49)40-33-29-36(30-34-40)50-47-25-13-9-21-43(47)44-22-10-14-26-48(44)50/h1-34,51H/q-1. The van der Waals surface area contributed by atoms with Crippen molar-refractivity contribution in [3.63, 3.8) is 0 Å². The average Bonchev–Trinajstić information content (AvgIpc) is 3.73. The number of nitrogens with zero attached hydrogens (tertiary/aromatic N) is 2. The minimum atomic E-state index is -3.19. The van der Waals surface area contributed by atoms with Crippen molar-refractivity contribution in [2.45, 2.75) is 0 Å². The van der Waals surface area contributed by atoms with E-state index in [0.29, 0.717) is 0 Å². The summed E-state index contributed by atoms with van der Waals surface area (Å²) in [4.78, 5) is 0.